The molecule has 38 heavy (non-hydrogen) atoms. The fourth-order valence-corrected chi connectivity index (χ4v) is 5.78. The number of aromatic nitrogens is 3. The predicted molar refractivity (Wildman–Crippen MR) is 150 cm³/mol. The molecule has 1 atom stereocenters. The molecule has 8 heteroatoms. The Labute approximate surface area is 229 Å². The first kappa shape index (κ1) is 26.4. The van der Waals surface area contributed by atoms with E-state index >= 15 is 0 Å². The minimum atomic E-state index is -0.462. The molecule has 1 N–H and O–H groups in total. The zero-order chi connectivity index (χ0) is 26.3. The summed E-state index contributed by atoms with van der Waals surface area (Å²) in [6.45, 7) is 4.72. The summed E-state index contributed by atoms with van der Waals surface area (Å²) in [4.78, 5) is 18.4. The van der Waals surface area contributed by atoms with E-state index in [9.17, 15) is 4.79 Å². The molecular formula is C30H36N4O3S. The first-order valence-electron chi connectivity index (χ1n) is 13.7. The van der Waals surface area contributed by atoms with Crippen molar-refractivity contribution in [3.05, 3.63) is 77.0 Å². The molecule has 2 heterocycles. The molecule has 1 saturated carbocycles. The number of allylic oxidation sites excluding steroid dienone is 1. The Bertz CT molecular complexity index is 1270. The molecule has 0 bridgehead atoms. The second kappa shape index (κ2) is 12.5. The van der Waals surface area contributed by atoms with Crippen LogP contribution in [0.25, 0.3) is 0 Å². The van der Waals surface area contributed by atoms with Gasteiger partial charge >= 0.3 is 5.97 Å². The van der Waals surface area contributed by atoms with Crippen molar-refractivity contribution in [2.45, 2.75) is 81.8 Å². The van der Waals surface area contributed by atoms with Gasteiger partial charge in [0.25, 0.3) is 0 Å². The number of benzene rings is 2. The van der Waals surface area contributed by atoms with Gasteiger partial charge in [-0.15, -0.1) is 5.10 Å². The van der Waals surface area contributed by atoms with Crippen molar-refractivity contribution >= 4 is 23.7 Å². The molecule has 0 spiro atoms. The van der Waals surface area contributed by atoms with Crippen LogP contribution in [0.5, 0.6) is 5.75 Å². The van der Waals surface area contributed by atoms with Crippen molar-refractivity contribution in [1.82, 2.24) is 14.8 Å². The van der Waals surface area contributed by atoms with Crippen LogP contribution in [0.2, 0.25) is 0 Å². The number of nitrogens with zero attached hydrogens (tertiary/aromatic N) is 3. The molecule has 3 aromatic rings. The maximum Gasteiger partial charge on any atom is 0.338 e. The van der Waals surface area contributed by atoms with Crippen molar-refractivity contribution in [2.24, 2.45) is 0 Å². The highest BCUT2D eigenvalue weighted by atomic mass is 32.2. The lowest BCUT2D eigenvalue weighted by molar-refractivity contribution is -0.146. The second-order valence-corrected chi connectivity index (χ2v) is 10.9. The van der Waals surface area contributed by atoms with Gasteiger partial charge in [0.15, 0.2) is 0 Å². The molecular weight excluding hydrogens is 496 g/mol. The molecule has 7 nitrogen and oxygen atoms in total. The SMILES string of the molecule is CCCCOc1cccc(C2C(C(=O)OC3CCCCC3)=C(C)Nc3nc(SCc4ccccc4)nn32)c1. The van der Waals surface area contributed by atoms with E-state index < -0.39 is 6.04 Å². The van der Waals surface area contributed by atoms with Crippen molar-refractivity contribution in [3.8, 4) is 5.75 Å². The van der Waals surface area contributed by atoms with Gasteiger partial charge in [-0.3, -0.25) is 0 Å². The summed E-state index contributed by atoms with van der Waals surface area (Å²) < 4.78 is 13.9. The quantitative estimate of drug-likeness (QED) is 0.173. The van der Waals surface area contributed by atoms with E-state index in [1.54, 1.807) is 11.8 Å². The van der Waals surface area contributed by atoms with Gasteiger partial charge in [-0.2, -0.15) is 4.98 Å². The van der Waals surface area contributed by atoms with Crippen LogP contribution < -0.4 is 10.1 Å². The van der Waals surface area contributed by atoms with E-state index in [0.29, 0.717) is 23.3 Å². The van der Waals surface area contributed by atoms with Crippen LogP contribution in [0.1, 0.15) is 76.0 Å². The molecule has 2 aromatic carbocycles. The third-order valence-electron chi connectivity index (χ3n) is 7.03. The lowest BCUT2D eigenvalue weighted by atomic mass is 9.94. The first-order valence-corrected chi connectivity index (χ1v) is 14.7. The van der Waals surface area contributed by atoms with Gasteiger partial charge in [-0.25, -0.2) is 9.48 Å². The lowest BCUT2D eigenvalue weighted by Crippen LogP contribution is -2.32. The van der Waals surface area contributed by atoms with E-state index in [2.05, 4.69) is 24.4 Å². The highest BCUT2D eigenvalue weighted by molar-refractivity contribution is 7.98. The first-order chi connectivity index (χ1) is 18.6. The largest absolute Gasteiger partial charge is 0.494 e. The second-order valence-electron chi connectivity index (χ2n) is 9.94. The average Bonchev–Trinajstić information content (AvgIpc) is 3.35. The van der Waals surface area contributed by atoms with E-state index in [1.807, 2.05) is 54.1 Å². The van der Waals surface area contributed by atoms with Crippen molar-refractivity contribution in [3.63, 3.8) is 0 Å². The maximum absolute atomic E-state index is 13.7. The summed E-state index contributed by atoms with van der Waals surface area (Å²) in [6.07, 6.45) is 7.28. The number of carbonyl (C=O) groups is 1. The number of hydrogen-bond donors (Lipinski definition) is 1. The Morgan fingerprint density at radius 3 is 2.71 bits per heavy atom. The van der Waals surface area contributed by atoms with Gasteiger partial charge in [0, 0.05) is 11.4 Å². The number of esters is 1. The summed E-state index contributed by atoms with van der Waals surface area (Å²) in [6, 6.07) is 17.8. The van der Waals surface area contributed by atoms with Gasteiger partial charge in [0.1, 0.15) is 17.9 Å². The topological polar surface area (TPSA) is 78.3 Å². The molecule has 5 rings (SSSR count). The van der Waals surface area contributed by atoms with Gasteiger partial charge in [-0.1, -0.05) is 74.0 Å². The summed E-state index contributed by atoms with van der Waals surface area (Å²) >= 11 is 1.58. The Kier molecular flexibility index (Phi) is 8.68. The molecule has 1 aliphatic heterocycles. The molecule has 0 radical (unpaired) electrons. The Morgan fingerprint density at radius 2 is 1.92 bits per heavy atom. The number of nitrogens with one attached hydrogen (secondary N) is 1. The normalized spacial score (nSPS) is 17.6. The summed E-state index contributed by atoms with van der Waals surface area (Å²) in [5.74, 6) is 1.88. The highest BCUT2D eigenvalue weighted by Gasteiger charge is 2.36. The molecule has 200 valence electrons. The van der Waals surface area contributed by atoms with Crippen LogP contribution in [0.15, 0.2) is 71.0 Å². The number of ether oxygens (including phenoxy) is 2. The number of carbonyl (C=O) groups excluding carboxylic acids is 1. The van der Waals surface area contributed by atoms with Crippen molar-refractivity contribution in [1.29, 1.82) is 0 Å². The molecule has 1 aromatic heterocycles. The van der Waals surface area contributed by atoms with Crippen LogP contribution in [0.4, 0.5) is 5.95 Å². The highest BCUT2D eigenvalue weighted by Crippen LogP contribution is 2.38. The van der Waals surface area contributed by atoms with E-state index in [4.69, 9.17) is 19.6 Å². The number of rotatable bonds is 10. The fourth-order valence-electron chi connectivity index (χ4n) is 4.99. The smallest absolute Gasteiger partial charge is 0.338 e. The van der Waals surface area contributed by atoms with Crippen LogP contribution in [-0.2, 0) is 15.3 Å². The average molecular weight is 533 g/mol. The molecule has 1 unspecified atom stereocenters. The fraction of sp³-hybridized carbons (Fsp3) is 0.433. The monoisotopic (exact) mass is 532 g/mol. The van der Waals surface area contributed by atoms with Gasteiger partial charge in [0.05, 0.1) is 12.2 Å². The third-order valence-corrected chi connectivity index (χ3v) is 7.94. The standard InChI is InChI=1S/C30H36N4O3S/c1-3-4-18-36-25-17-11-14-23(19-25)27-26(28(35)37-24-15-9-6-10-16-24)21(2)31-29-32-30(33-34(27)29)38-20-22-12-7-5-8-13-22/h5,7-8,11-14,17,19,24,27H,3-4,6,9-10,15-16,18,20H2,1-2H3,(H,31,32,33). The Balaban J connectivity index is 1.46. The van der Waals surface area contributed by atoms with Crippen LogP contribution in [0.3, 0.4) is 0 Å². The number of anilines is 1. The zero-order valence-corrected chi connectivity index (χ0v) is 23.0. The van der Waals surface area contributed by atoms with Crippen molar-refractivity contribution in [2.75, 3.05) is 11.9 Å². The van der Waals surface area contributed by atoms with Crippen molar-refractivity contribution < 1.29 is 14.3 Å². The Morgan fingerprint density at radius 1 is 1.11 bits per heavy atom. The van der Waals surface area contributed by atoms with Crippen LogP contribution in [-0.4, -0.2) is 33.4 Å². The Hall–Kier alpha value is -3.26. The number of fused-ring (bicyclic) bond motifs is 1. The number of hydrogen-bond acceptors (Lipinski definition) is 7. The minimum Gasteiger partial charge on any atom is -0.494 e. The number of thioether (sulfide) groups is 1. The van der Waals surface area contributed by atoms with Gasteiger partial charge in [-0.05, 0) is 62.3 Å². The third kappa shape index (κ3) is 6.23. The molecule has 0 saturated heterocycles. The van der Waals surface area contributed by atoms with Crippen LogP contribution >= 0.6 is 11.8 Å². The summed E-state index contributed by atoms with van der Waals surface area (Å²) in [7, 11) is 0. The number of unbranched alkanes of at least 4 members (excludes halogenated alkanes) is 1. The summed E-state index contributed by atoms with van der Waals surface area (Å²) in [5.41, 5.74) is 3.44. The molecule has 2 aliphatic rings. The van der Waals surface area contributed by atoms with Gasteiger partial charge in [0.2, 0.25) is 11.1 Å². The molecule has 1 fully saturated rings. The maximum atomic E-state index is 13.7. The predicted octanol–water partition coefficient (Wildman–Crippen LogP) is 6.91. The lowest BCUT2D eigenvalue weighted by Gasteiger charge is -2.30. The summed E-state index contributed by atoms with van der Waals surface area (Å²) in [5, 5.41) is 8.85. The van der Waals surface area contributed by atoms with E-state index in [0.717, 1.165) is 61.3 Å². The molecule has 0 amide bonds. The minimum absolute atomic E-state index is 0.0324. The van der Waals surface area contributed by atoms with Crippen LogP contribution in [0, 0.1) is 0 Å². The van der Waals surface area contributed by atoms with Gasteiger partial charge < -0.3 is 14.8 Å². The molecule has 1 aliphatic carbocycles. The zero-order valence-electron chi connectivity index (χ0n) is 22.2. The van der Waals surface area contributed by atoms with E-state index in [-0.39, 0.29) is 12.1 Å². The van der Waals surface area contributed by atoms with E-state index in [1.165, 1.54) is 12.0 Å².